The van der Waals surface area contributed by atoms with Gasteiger partial charge >= 0.3 is 6.09 Å². The molecule has 0 atom stereocenters. The fraction of sp³-hybridized carbons (Fsp3) is 0.278. The zero-order valence-corrected chi connectivity index (χ0v) is 15.7. The first kappa shape index (κ1) is 18.3. The van der Waals surface area contributed by atoms with E-state index in [0.29, 0.717) is 16.3 Å². The van der Waals surface area contributed by atoms with Gasteiger partial charge in [-0.25, -0.2) is 4.79 Å². The van der Waals surface area contributed by atoms with E-state index >= 15 is 0 Å². The molecular weight excluding hydrogens is 374 g/mol. The van der Waals surface area contributed by atoms with Crippen molar-refractivity contribution in [3.8, 4) is 5.75 Å². The Kier molecular flexibility index (Phi) is 5.85. The average molecular weight is 394 g/mol. The molecule has 128 valence electrons. The fourth-order valence-electron chi connectivity index (χ4n) is 2.31. The zero-order chi connectivity index (χ0) is 17.9. The van der Waals surface area contributed by atoms with Gasteiger partial charge < -0.3 is 9.47 Å². The van der Waals surface area contributed by atoms with Crippen molar-refractivity contribution < 1.29 is 19.5 Å². The number of carbonyl (C=O) groups excluding carboxylic acids is 1. The van der Waals surface area contributed by atoms with Crippen LogP contribution in [0.15, 0.2) is 34.8 Å². The molecule has 5 nitrogen and oxygen atoms in total. The Morgan fingerprint density at radius 1 is 1.17 bits per heavy atom. The molecule has 2 aromatic rings. The summed E-state index contributed by atoms with van der Waals surface area (Å²) in [5.74, 6) is 0.766. The molecule has 0 aliphatic carbocycles. The minimum absolute atomic E-state index is 0.189. The van der Waals surface area contributed by atoms with Crippen molar-refractivity contribution >= 4 is 27.7 Å². The molecule has 6 heteroatoms. The normalized spacial score (nSPS) is 10.4. The van der Waals surface area contributed by atoms with Crippen LogP contribution in [-0.2, 0) is 11.3 Å². The number of aryl methyl sites for hydroxylation is 3. The first-order valence-corrected chi connectivity index (χ1v) is 8.19. The maximum absolute atomic E-state index is 11.6. The van der Waals surface area contributed by atoms with Gasteiger partial charge in [0, 0.05) is 10.0 Å². The van der Waals surface area contributed by atoms with E-state index in [4.69, 9.17) is 4.74 Å². The predicted molar refractivity (Wildman–Crippen MR) is 95.8 cm³/mol. The third kappa shape index (κ3) is 3.88. The average Bonchev–Trinajstić information content (AvgIpc) is 2.56. The molecule has 24 heavy (non-hydrogen) atoms. The van der Waals surface area contributed by atoms with Crippen molar-refractivity contribution in [2.45, 2.75) is 27.4 Å². The molecule has 0 saturated heterocycles. The van der Waals surface area contributed by atoms with E-state index in [9.17, 15) is 10.0 Å². The lowest BCUT2D eigenvalue weighted by molar-refractivity contribution is 0.140. The first-order valence-electron chi connectivity index (χ1n) is 7.40. The van der Waals surface area contributed by atoms with Crippen LogP contribution in [0.3, 0.4) is 0 Å². The van der Waals surface area contributed by atoms with Crippen LogP contribution in [-0.4, -0.2) is 18.4 Å². The summed E-state index contributed by atoms with van der Waals surface area (Å²) in [6, 6.07) is 9.21. The molecular formula is C18H20BrNO4. The molecule has 0 unspecified atom stereocenters. The predicted octanol–water partition coefficient (Wildman–Crippen LogP) is 4.92. The Labute approximate surface area is 149 Å². The van der Waals surface area contributed by atoms with Crippen LogP contribution < -0.4 is 9.80 Å². The fourth-order valence-corrected chi connectivity index (χ4v) is 2.78. The molecule has 1 N–H and O–H groups in total. The summed E-state index contributed by atoms with van der Waals surface area (Å²) in [5.41, 5.74) is 4.32. The Morgan fingerprint density at radius 2 is 1.83 bits per heavy atom. The van der Waals surface area contributed by atoms with Gasteiger partial charge in [0.05, 0.1) is 12.8 Å². The highest BCUT2D eigenvalue weighted by molar-refractivity contribution is 9.10. The lowest BCUT2D eigenvalue weighted by atomic mass is 10.1. The topological polar surface area (TPSA) is 59.0 Å². The second kappa shape index (κ2) is 7.68. The number of anilines is 1. The quantitative estimate of drug-likeness (QED) is 0.591. The number of hydroxylamine groups is 1. The molecule has 2 rings (SSSR count). The standard InChI is InChI=1S/C18H20BrNO4/c1-11-8-13(3)17(9-12(11)2)24-10-14-15(19)6-5-7-16(14)20(22)18(21)23-4/h5-9,22H,10H2,1-4H3. The van der Waals surface area contributed by atoms with Gasteiger partial charge in [0.15, 0.2) is 0 Å². The molecule has 0 aromatic heterocycles. The molecule has 0 spiro atoms. The van der Waals surface area contributed by atoms with Crippen molar-refractivity contribution in [3.63, 3.8) is 0 Å². The highest BCUT2D eigenvalue weighted by Crippen LogP contribution is 2.30. The van der Waals surface area contributed by atoms with E-state index in [2.05, 4.69) is 33.7 Å². The molecule has 0 heterocycles. The van der Waals surface area contributed by atoms with Gasteiger partial charge in [0.1, 0.15) is 12.4 Å². The minimum atomic E-state index is -0.864. The van der Waals surface area contributed by atoms with Crippen LogP contribution in [0.2, 0.25) is 0 Å². The SMILES string of the molecule is COC(=O)N(O)c1cccc(Br)c1COc1cc(C)c(C)cc1C. The number of hydrogen-bond donors (Lipinski definition) is 1. The van der Waals surface area contributed by atoms with E-state index in [-0.39, 0.29) is 6.61 Å². The Balaban J connectivity index is 2.30. The molecule has 0 bridgehead atoms. The van der Waals surface area contributed by atoms with Crippen LogP contribution >= 0.6 is 15.9 Å². The van der Waals surface area contributed by atoms with E-state index in [1.54, 1.807) is 12.1 Å². The zero-order valence-electron chi connectivity index (χ0n) is 14.1. The highest BCUT2D eigenvalue weighted by Gasteiger charge is 2.19. The first-order chi connectivity index (χ1) is 11.3. The van der Waals surface area contributed by atoms with Crippen molar-refractivity contribution in [2.75, 3.05) is 12.2 Å². The van der Waals surface area contributed by atoms with E-state index < -0.39 is 6.09 Å². The van der Waals surface area contributed by atoms with Gasteiger partial charge in [0.25, 0.3) is 0 Å². The number of halogens is 1. The second-order valence-electron chi connectivity index (χ2n) is 5.51. The largest absolute Gasteiger partial charge is 0.489 e. The number of rotatable bonds is 4. The molecule has 0 fully saturated rings. The summed E-state index contributed by atoms with van der Waals surface area (Å²) in [6.07, 6.45) is -0.864. The molecule has 1 amide bonds. The summed E-state index contributed by atoms with van der Waals surface area (Å²) < 4.78 is 11.2. The second-order valence-corrected chi connectivity index (χ2v) is 6.36. The number of ether oxygens (including phenoxy) is 2. The Morgan fingerprint density at radius 3 is 2.50 bits per heavy atom. The van der Waals surface area contributed by atoms with Crippen LogP contribution in [0.1, 0.15) is 22.3 Å². The Bertz CT molecular complexity index is 761. The Hall–Kier alpha value is -2.05. The summed E-state index contributed by atoms with van der Waals surface area (Å²) in [7, 11) is 1.21. The maximum Gasteiger partial charge on any atom is 0.438 e. The summed E-state index contributed by atoms with van der Waals surface area (Å²) in [4.78, 5) is 11.6. The van der Waals surface area contributed by atoms with Crippen molar-refractivity contribution in [1.82, 2.24) is 0 Å². The number of benzene rings is 2. The molecule has 0 aliphatic rings. The van der Waals surface area contributed by atoms with Gasteiger partial charge in [0.2, 0.25) is 0 Å². The minimum Gasteiger partial charge on any atom is -0.489 e. The van der Waals surface area contributed by atoms with Crippen molar-refractivity contribution in [2.24, 2.45) is 0 Å². The molecule has 0 saturated carbocycles. The summed E-state index contributed by atoms with van der Waals surface area (Å²) in [5, 5.41) is 10.5. The third-order valence-corrected chi connectivity index (χ3v) is 4.58. The van der Waals surface area contributed by atoms with Gasteiger partial charge in [-0.1, -0.05) is 28.1 Å². The summed E-state index contributed by atoms with van der Waals surface area (Å²) >= 11 is 3.43. The maximum atomic E-state index is 11.6. The summed E-state index contributed by atoms with van der Waals surface area (Å²) in [6.45, 7) is 6.25. The van der Waals surface area contributed by atoms with E-state index in [1.807, 2.05) is 26.0 Å². The number of hydrogen-bond acceptors (Lipinski definition) is 4. The van der Waals surface area contributed by atoms with Crippen molar-refractivity contribution in [1.29, 1.82) is 0 Å². The number of nitrogens with zero attached hydrogens (tertiary/aromatic N) is 1. The van der Waals surface area contributed by atoms with E-state index in [1.165, 1.54) is 12.7 Å². The number of methoxy groups -OCH3 is 1. The van der Waals surface area contributed by atoms with Crippen LogP contribution in [0.4, 0.5) is 10.5 Å². The molecule has 0 aliphatic heterocycles. The van der Waals surface area contributed by atoms with Gasteiger partial charge in [-0.05, 0) is 55.7 Å². The lowest BCUT2D eigenvalue weighted by Gasteiger charge is -2.19. The van der Waals surface area contributed by atoms with Gasteiger partial charge in [-0.15, -0.1) is 0 Å². The van der Waals surface area contributed by atoms with E-state index in [0.717, 1.165) is 21.3 Å². The van der Waals surface area contributed by atoms with Crippen LogP contribution in [0.5, 0.6) is 5.75 Å². The molecule has 2 aromatic carbocycles. The smallest absolute Gasteiger partial charge is 0.438 e. The van der Waals surface area contributed by atoms with Crippen LogP contribution in [0.25, 0.3) is 0 Å². The van der Waals surface area contributed by atoms with Gasteiger partial charge in [-0.2, -0.15) is 5.06 Å². The van der Waals surface area contributed by atoms with Crippen molar-refractivity contribution in [3.05, 3.63) is 57.1 Å². The monoisotopic (exact) mass is 393 g/mol. The molecule has 0 radical (unpaired) electrons. The van der Waals surface area contributed by atoms with Gasteiger partial charge in [-0.3, -0.25) is 5.21 Å². The number of carbonyl (C=O) groups is 1. The lowest BCUT2D eigenvalue weighted by Crippen LogP contribution is -2.28. The number of amides is 1. The van der Waals surface area contributed by atoms with Crippen LogP contribution in [0, 0.1) is 20.8 Å². The highest BCUT2D eigenvalue weighted by atomic mass is 79.9. The third-order valence-electron chi connectivity index (χ3n) is 3.83.